The van der Waals surface area contributed by atoms with Crippen LogP contribution in [0.15, 0.2) is 30.3 Å². The van der Waals surface area contributed by atoms with Crippen molar-refractivity contribution in [2.24, 2.45) is 0 Å². The molecule has 1 rings (SSSR count). The van der Waals surface area contributed by atoms with E-state index < -0.39 is 0 Å². The highest BCUT2D eigenvalue weighted by Crippen LogP contribution is 2.03. The van der Waals surface area contributed by atoms with Crippen LogP contribution in [0.3, 0.4) is 0 Å². The van der Waals surface area contributed by atoms with E-state index in [1.807, 2.05) is 30.3 Å². The smallest absolute Gasteiger partial charge is 0.0701 e. The van der Waals surface area contributed by atoms with Crippen molar-refractivity contribution in [2.75, 3.05) is 52.0 Å². The zero-order valence-corrected chi connectivity index (χ0v) is 10.4. The normalized spacial score (nSPS) is 10.4. The molecule has 0 fully saturated rings. The van der Waals surface area contributed by atoms with Gasteiger partial charge < -0.3 is 19.5 Å². The van der Waals surface area contributed by atoms with Crippen molar-refractivity contribution in [3.05, 3.63) is 30.3 Å². The first kappa shape index (κ1) is 14.0. The molecule has 0 heterocycles. The van der Waals surface area contributed by atoms with E-state index >= 15 is 0 Å². The Labute approximate surface area is 103 Å². The minimum Gasteiger partial charge on any atom is -0.383 e. The van der Waals surface area contributed by atoms with Gasteiger partial charge in [0.15, 0.2) is 0 Å². The van der Waals surface area contributed by atoms with Gasteiger partial charge in [-0.3, -0.25) is 0 Å². The van der Waals surface area contributed by atoms with E-state index in [9.17, 15) is 0 Å². The molecule has 0 aliphatic carbocycles. The highest BCUT2D eigenvalue weighted by molar-refractivity contribution is 5.42. The Hall–Kier alpha value is -1.10. The Balaban J connectivity index is 1.85. The molecule has 0 bridgehead atoms. The van der Waals surface area contributed by atoms with Gasteiger partial charge in [0.2, 0.25) is 0 Å². The van der Waals surface area contributed by atoms with Crippen LogP contribution >= 0.6 is 0 Å². The fourth-order valence-corrected chi connectivity index (χ4v) is 1.29. The van der Waals surface area contributed by atoms with Crippen LogP contribution in [0.25, 0.3) is 0 Å². The van der Waals surface area contributed by atoms with E-state index in [1.54, 1.807) is 7.11 Å². The van der Waals surface area contributed by atoms with E-state index in [0.717, 1.165) is 12.2 Å². The Morgan fingerprint density at radius 3 is 2.24 bits per heavy atom. The van der Waals surface area contributed by atoms with Gasteiger partial charge in [-0.1, -0.05) is 18.2 Å². The van der Waals surface area contributed by atoms with Crippen LogP contribution < -0.4 is 5.32 Å². The molecule has 4 nitrogen and oxygen atoms in total. The summed E-state index contributed by atoms with van der Waals surface area (Å²) in [7, 11) is 1.66. The molecule has 0 aromatic heterocycles. The molecule has 0 amide bonds. The topological polar surface area (TPSA) is 39.7 Å². The zero-order valence-electron chi connectivity index (χ0n) is 10.4. The standard InChI is InChI=1S/C13H21NO3/c1-15-9-10-17-12-11-16-8-7-14-13-5-3-2-4-6-13/h2-6,14H,7-12H2,1H3. The van der Waals surface area contributed by atoms with E-state index in [0.29, 0.717) is 33.0 Å². The summed E-state index contributed by atoms with van der Waals surface area (Å²) in [5.41, 5.74) is 1.12. The lowest BCUT2D eigenvalue weighted by molar-refractivity contribution is 0.0272. The van der Waals surface area contributed by atoms with Crippen molar-refractivity contribution in [2.45, 2.75) is 0 Å². The molecule has 0 saturated carbocycles. The average Bonchev–Trinajstić information content (AvgIpc) is 2.38. The van der Waals surface area contributed by atoms with Crippen LogP contribution in [-0.2, 0) is 14.2 Å². The molecule has 0 aliphatic heterocycles. The van der Waals surface area contributed by atoms with Crippen molar-refractivity contribution < 1.29 is 14.2 Å². The predicted octanol–water partition coefficient (Wildman–Crippen LogP) is 1.78. The number of para-hydroxylation sites is 1. The third-order valence-electron chi connectivity index (χ3n) is 2.15. The van der Waals surface area contributed by atoms with Gasteiger partial charge in [-0.2, -0.15) is 0 Å². The summed E-state index contributed by atoms with van der Waals surface area (Å²) in [4.78, 5) is 0. The largest absolute Gasteiger partial charge is 0.383 e. The quantitative estimate of drug-likeness (QED) is 0.632. The van der Waals surface area contributed by atoms with Crippen LogP contribution in [0.4, 0.5) is 5.69 Å². The predicted molar refractivity (Wildman–Crippen MR) is 68.4 cm³/mol. The van der Waals surface area contributed by atoms with E-state index in [1.165, 1.54) is 0 Å². The number of benzene rings is 1. The number of hydrogen-bond donors (Lipinski definition) is 1. The molecule has 1 aromatic carbocycles. The van der Waals surface area contributed by atoms with Crippen LogP contribution in [0.5, 0.6) is 0 Å². The van der Waals surface area contributed by atoms with Gasteiger partial charge in [0.25, 0.3) is 0 Å². The number of rotatable bonds is 10. The van der Waals surface area contributed by atoms with Crippen molar-refractivity contribution in [3.63, 3.8) is 0 Å². The molecule has 17 heavy (non-hydrogen) atoms. The second kappa shape index (κ2) is 10.1. The molecule has 1 aromatic rings. The Kier molecular flexibility index (Phi) is 8.28. The van der Waals surface area contributed by atoms with Gasteiger partial charge in [-0.25, -0.2) is 0 Å². The monoisotopic (exact) mass is 239 g/mol. The number of ether oxygens (including phenoxy) is 3. The van der Waals surface area contributed by atoms with Crippen molar-refractivity contribution >= 4 is 5.69 Å². The maximum absolute atomic E-state index is 5.41. The minimum atomic E-state index is 0.620. The van der Waals surface area contributed by atoms with Crippen molar-refractivity contribution in [1.29, 1.82) is 0 Å². The zero-order chi connectivity index (χ0) is 12.2. The first-order valence-corrected chi connectivity index (χ1v) is 5.87. The number of methoxy groups -OCH3 is 1. The Morgan fingerprint density at radius 2 is 1.53 bits per heavy atom. The third kappa shape index (κ3) is 7.74. The second-order valence-electron chi connectivity index (χ2n) is 3.51. The molecule has 0 aliphatic rings. The molecule has 0 radical (unpaired) electrons. The Bertz CT molecular complexity index is 267. The molecule has 1 N–H and O–H groups in total. The SMILES string of the molecule is COCCOCCOCCNc1ccccc1. The average molecular weight is 239 g/mol. The maximum Gasteiger partial charge on any atom is 0.0701 e. The molecule has 96 valence electrons. The van der Waals surface area contributed by atoms with Crippen LogP contribution in [0.2, 0.25) is 0 Å². The number of nitrogens with one attached hydrogen (secondary N) is 1. The molecule has 0 saturated heterocycles. The summed E-state index contributed by atoms with van der Waals surface area (Å²) in [6, 6.07) is 10.1. The second-order valence-corrected chi connectivity index (χ2v) is 3.51. The highest BCUT2D eigenvalue weighted by atomic mass is 16.5. The van der Waals surface area contributed by atoms with E-state index in [-0.39, 0.29) is 0 Å². The first-order valence-electron chi connectivity index (χ1n) is 5.87. The highest BCUT2D eigenvalue weighted by Gasteiger charge is 1.91. The van der Waals surface area contributed by atoms with Gasteiger partial charge in [0.1, 0.15) is 0 Å². The molecular weight excluding hydrogens is 218 g/mol. The maximum atomic E-state index is 5.41. The lowest BCUT2D eigenvalue weighted by atomic mass is 10.3. The summed E-state index contributed by atoms with van der Waals surface area (Å²) in [6.07, 6.45) is 0. The summed E-state index contributed by atoms with van der Waals surface area (Å²) in [5.74, 6) is 0. The van der Waals surface area contributed by atoms with Crippen LogP contribution in [0.1, 0.15) is 0 Å². The summed E-state index contributed by atoms with van der Waals surface area (Å²) >= 11 is 0. The first-order chi connectivity index (χ1) is 8.43. The fourth-order valence-electron chi connectivity index (χ4n) is 1.29. The summed E-state index contributed by atoms with van der Waals surface area (Å²) < 4.78 is 15.5. The van der Waals surface area contributed by atoms with Crippen molar-refractivity contribution in [3.8, 4) is 0 Å². The summed E-state index contributed by atoms with van der Waals surface area (Å²) in [5, 5.41) is 3.27. The van der Waals surface area contributed by atoms with Gasteiger partial charge >= 0.3 is 0 Å². The van der Waals surface area contributed by atoms with Gasteiger partial charge in [-0.15, -0.1) is 0 Å². The van der Waals surface area contributed by atoms with Gasteiger partial charge in [0.05, 0.1) is 33.0 Å². The van der Waals surface area contributed by atoms with Crippen LogP contribution in [0, 0.1) is 0 Å². The lowest BCUT2D eigenvalue weighted by Gasteiger charge is -2.07. The lowest BCUT2D eigenvalue weighted by Crippen LogP contribution is -2.13. The van der Waals surface area contributed by atoms with Gasteiger partial charge in [-0.05, 0) is 12.1 Å². The number of hydrogen-bond acceptors (Lipinski definition) is 4. The van der Waals surface area contributed by atoms with E-state index in [4.69, 9.17) is 14.2 Å². The fraction of sp³-hybridized carbons (Fsp3) is 0.538. The van der Waals surface area contributed by atoms with E-state index in [2.05, 4.69) is 5.32 Å². The minimum absolute atomic E-state index is 0.620. The molecule has 0 atom stereocenters. The number of anilines is 1. The van der Waals surface area contributed by atoms with Gasteiger partial charge in [0, 0.05) is 19.3 Å². The Morgan fingerprint density at radius 1 is 0.882 bits per heavy atom. The van der Waals surface area contributed by atoms with Crippen LogP contribution in [-0.4, -0.2) is 46.7 Å². The third-order valence-corrected chi connectivity index (χ3v) is 2.15. The molecule has 0 unspecified atom stereocenters. The molecular formula is C13H21NO3. The molecule has 4 heteroatoms. The van der Waals surface area contributed by atoms with Crippen molar-refractivity contribution in [1.82, 2.24) is 0 Å². The summed E-state index contributed by atoms with van der Waals surface area (Å²) in [6.45, 7) is 4.00. The molecule has 0 spiro atoms.